The molecular weight excluding hydrogens is 419 g/mol. The van der Waals surface area contributed by atoms with Crippen LogP contribution in [0.25, 0.3) is 11.2 Å². The van der Waals surface area contributed by atoms with Crippen molar-refractivity contribution < 1.29 is 13.2 Å². The molecule has 5 rings (SSSR count). The molecule has 0 bridgehead atoms. The zero-order valence-corrected chi connectivity index (χ0v) is 17.9. The van der Waals surface area contributed by atoms with Crippen molar-refractivity contribution in [3.63, 3.8) is 0 Å². The second-order valence-electron chi connectivity index (χ2n) is 9.07. The number of nitrogens with zero attached hydrogens (tertiary/aromatic N) is 5. The molecule has 4 heterocycles. The van der Waals surface area contributed by atoms with Gasteiger partial charge in [-0.2, -0.15) is 18.3 Å². The maximum absolute atomic E-state index is 13.6. The van der Waals surface area contributed by atoms with E-state index in [4.69, 9.17) is 10.7 Å². The first-order valence-electron chi connectivity index (χ1n) is 10.9. The van der Waals surface area contributed by atoms with Crippen LogP contribution in [0.5, 0.6) is 0 Å². The Hall–Kier alpha value is -2.88. The maximum atomic E-state index is 13.6. The zero-order valence-electron chi connectivity index (χ0n) is 17.9. The largest absolute Gasteiger partial charge is 0.395 e. The predicted octanol–water partition coefficient (Wildman–Crippen LogP) is 4.11. The maximum Gasteiger partial charge on any atom is 0.395 e. The van der Waals surface area contributed by atoms with Crippen LogP contribution in [0.15, 0.2) is 30.5 Å². The second kappa shape index (κ2) is 7.61. The number of aromatic nitrogens is 4. The van der Waals surface area contributed by atoms with E-state index >= 15 is 0 Å². The molecule has 2 aliphatic rings. The number of hydrogen-bond donors (Lipinski definition) is 2. The molecule has 170 valence electrons. The fourth-order valence-corrected chi connectivity index (χ4v) is 4.72. The molecule has 10 heteroatoms. The quantitative estimate of drug-likeness (QED) is 0.631. The van der Waals surface area contributed by atoms with E-state index in [0.717, 1.165) is 31.7 Å². The monoisotopic (exact) mass is 445 g/mol. The number of halogens is 3. The lowest BCUT2D eigenvalue weighted by atomic mass is 9.80. The number of hydrogen-bond acceptors (Lipinski definition) is 6. The average molecular weight is 445 g/mol. The Bertz CT molecular complexity index is 1120. The number of benzene rings is 1. The van der Waals surface area contributed by atoms with E-state index in [1.54, 1.807) is 35.4 Å². The van der Waals surface area contributed by atoms with Crippen LogP contribution in [-0.2, 0) is 0 Å². The number of alkyl halides is 3. The first-order valence-corrected chi connectivity index (χ1v) is 10.9. The van der Waals surface area contributed by atoms with Crippen LogP contribution in [0.4, 0.5) is 30.5 Å². The summed E-state index contributed by atoms with van der Waals surface area (Å²) < 4.78 is 40.7. The third-order valence-electron chi connectivity index (χ3n) is 6.92. The zero-order chi connectivity index (χ0) is 22.5. The van der Waals surface area contributed by atoms with Crippen molar-refractivity contribution in [2.45, 2.75) is 38.3 Å². The van der Waals surface area contributed by atoms with E-state index < -0.39 is 12.1 Å². The smallest absolute Gasteiger partial charge is 0.355 e. The number of nitrogens with one attached hydrogen (secondary N) is 1. The van der Waals surface area contributed by atoms with Gasteiger partial charge in [-0.25, -0.2) is 9.97 Å². The third-order valence-corrected chi connectivity index (χ3v) is 6.92. The summed E-state index contributed by atoms with van der Waals surface area (Å²) in [6.45, 7) is 4.79. The van der Waals surface area contributed by atoms with Crippen LogP contribution >= 0.6 is 0 Å². The van der Waals surface area contributed by atoms with Gasteiger partial charge in [-0.1, -0.05) is 25.1 Å². The first-order chi connectivity index (χ1) is 15.3. The molecule has 0 aliphatic carbocycles. The molecule has 0 saturated carbocycles. The van der Waals surface area contributed by atoms with Crippen LogP contribution in [0, 0.1) is 5.41 Å². The summed E-state index contributed by atoms with van der Waals surface area (Å²) in [6.07, 6.45) is -0.612. The van der Waals surface area contributed by atoms with Gasteiger partial charge in [0.05, 0.1) is 12.1 Å². The molecule has 2 aliphatic heterocycles. The van der Waals surface area contributed by atoms with E-state index in [9.17, 15) is 13.2 Å². The van der Waals surface area contributed by atoms with Crippen molar-refractivity contribution in [2.24, 2.45) is 11.1 Å². The lowest BCUT2D eigenvalue weighted by Gasteiger charge is -2.39. The van der Waals surface area contributed by atoms with Crippen LogP contribution in [0.1, 0.15) is 37.7 Å². The molecule has 3 aromatic rings. The van der Waals surface area contributed by atoms with E-state index in [1.807, 2.05) is 0 Å². The fraction of sp³-hybridized carbons (Fsp3) is 0.500. The van der Waals surface area contributed by atoms with E-state index in [2.05, 4.69) is 27.0 Å². The Labute approximate surface area is 183 Å². The van der Waals surface area contributed by atoms with Crippen molar-refractivity contribution >= 4 is 28.5 Å². The van der Waals surface area contributed by atoms with Gasteiger partial charge in [0.1, 0.15) is 5.82 Å². The topological polar surface area (TPSA) is 87.0 Å². The highest BCUT2D eigenvalue weighted by Gasteiger charge is 2.44. The normalized spacial score (nSPS) is 21.1. The van der Waals surface area contributed by atoms with Gasteiger partial charge in [0.2, 0.25) is 0 Å². The van der Waals surface area contributed by atoms with Gasteiger partial charge < -0.3 is 15.5 Å². The summed E-state index contributed by atoms with van der Waals surface area (Å²) in [4.78, 5) is 13.3. The summed E-state index contributed by atoms with van der Waals surface area (Å²) in [5.41, 5.74) is 7.93. The number of anilines is 3. The van der Waals surface area contributed by atoms with Crippen molar-refractivity contribution in [1.29, 1.82) is 0 Å². The summed E-state index contributed by atoms with van der Waals surface area (Å²) in [7, 11) is 0. The summed E-state index contributed by atoms with van der Waals surface area (Å²) in [5.74, 6) is -0.208. The minimum Gasteiger partial charge on any atom is -0.355 e. The van der Waals surface area contributed by atoms with E-state index in [-0.39, 0.29) is 23.9 Å². The number of H-pyrrole nitrogens is 1. The highest BCUT2D eigenvalue weighted by Crippen LogP contribution is 2.47. The molecule has 0 radical (unpaired) electrons. The van der Waals surface area contributed by atoms with Gasteiger partial charge in [0.15, 0.2) is 17.0 Å². The van der Waals surface area contributed by atoms with Crippen LogP contribution in [-0.4, -0.2) is 52.5 Å². The predicted molar refractivity (Wildman–Crippen MR) is 117 cm³/mol. The Morgan fingerprint density at radius 2 is 1.94 bits per heavy atom. The van der Waals surface area contributed by atoms with Crippen molar-refractivity contribution in [1.82, 2.24) is 20.2 Å². The molecule has 1 saturated heterocycles. The van der Waals surface area contributed by atoms with Crippen LogP contribution in [0.2, 0.25) is 0 Å². The SMILES string of the molecule is CC1(CN)CCN(c2cnc3c(N4CCC(C(F)(F)F)c5ccccc54)n[nH]c3n2)CC1. The van der Waals surface area contributed by atoms with Gasteiger partial charge in [-0.15, -0.1) is 0 Å². The van der Waals surface area contributed by atoms with Crippen molar-refractivity contribution in [3.8, 4) is 0 Å². The number of fused-ring (bicyclic) bond motifs is 2. The number of nitrogens with two attached hydrogens (primary N) is 1. The highest BCUT2D eigenvalue weighted by molar-refractivity contribution is 5.88. The number of aromatic amines is 1. The van der Waals surface area contributed by atoms with Crippen molar-refractivity contribution in [2.75, 3.05) is 36.0 Å². The lowest BCUT2D eigenvalue weighted by Crippen LogP contribution is -2.42. The Balaban J connectivity index is 1.45. The molecule has 32 heavy (non-hydrogen) atoms. The Morgan fingerprint density at radius 3 is 2.66 bits per heavy atom. The number of rotatable bonds is 3. The lowest BCUT2D eigenvalue weighted by molar-refractivity contribution is -0.152. The molecule has 1 aromatic carbocycles. The minimum atomic E-state index is -4.28. The number of para-hydroxylation sites is 1. The highest BCUT2D eigenvalue weighted by atomic mass is 19.4. The molecule has 3 N–H and O–H groups in total. The first kappa shape index (κ1) is 21.0. The standard InChI is InChI=1S/C22H26F3N7/c1-21(13-26)7-10-31(11-8-21)17-12-27-18-19(28-17)29-30-20(18)32-9-6-15(22(23,24)25)14-4-2-3-5-16(14)32/h2-5,12,15H,6-11,13,26H2,1H3,(H,28,29,30). The summed E-state index contributed by atoms with van der Waals surface area (Å²) in [6, 6.07) is 6.64. The van der Waals surface area contributed by atoms with E-state index in [0.29, 0.717) is 29.2 Å². The molecule has 1 fully saturated rings. The molecule has 2 aromatic heterocycles. The second-order valence-corrected chi connectivity index (χ2v) is 9.07. The average Bonchev–Trinajstić information content (AvgIpc) is 3.21. The minimum absolute atomic E-state index is 0.0337. The Kier molecular flexibility index (Phi) is 4.99. The summed E-state index contributed by atoms with van der Waals surface area (Å²) >= 11 is 0. The van der Waals surface area contributed by atoms with Gasteiger partial charge in [-0.05, 0) is 42.9 Å². The third kappa shape index (κ3) is 3.56. The van der Waals surface area contributed by atoms with E-state index in [1.165, 1.54) is 0 Å². The van der Waals surface area contributed by atoms with Gasteiger partial charge >= 0.3 is 6.18 Å². The Morgan fingerprint density at radius 1 is 1.19 bits per heavy atom. The molecule has 1 atom stereocenters. The molecule has 7 nitrogen and oxygen atoms in total. The van der Waals surface area contributed by atoms with Gasteiger partial charge in [0, 0.05) is 25.3 Å². The molecule has 1 unspecified atom stereocenters. The molecule has 0 spiro atoms. The van der Waals surface area contributed by atoms with Gasteiger partial charge in [-0.3, -0.25) is 5.10 Å². The molecule has 0 amide bonds. The number of piperidine rings is 1. The van der Waals surface area contributed by atoms with Gasteiger partial charge in [0.25, 0.3) is 0 Å². The van der Waals surface area contributed by atoms with Crippen LogP contribution < -0.4 is 15.5 Å². The fourth-order valence-electron chi connectivity index (χ4n) is 4.72. The summed E-state index contributed by atoms with van der Waals surface area (Å²) in [5, 5.41) is 7.32. The molecular formula is C22H26F3N7. The van der Waals surface area contributed by atoms with Crippen LogP contribution in [0.3, 0.4) is 0 Å². The van der Waals surface area contributed by atoms with Crippen molar-refractivity contribution in [3.05, 3.63) is 36.0 Å².